The van der Waals surface area contributed by atoms with Crippen molar-refractivity contribution in [2.75, 3.05) is 14.2 Å². The molecule has 3 aliphatic carbocycles. The molecule has 34 heavy (non-hydrogen) atoms. The van der Waals surface area contributed by atoms with Crippen LogP contribution in [0.2, 0.25) is 0 Å². The van der Waals surface area contributed by atoms with Gasteiger partial charge >= 0.3 is 5.97 Å². The van der Waals surface area contributed by atoms with Crippen molar-refractivity contribution in [3.05, 3.63) is 29.3 Å². The number of carboxylic acid groups (broad SMARTS) is 1. The number of aromatic carboxylic acids is 1. The summed E-state index contributed by atoms with van der Waals surface area (Å²) < 4.78 is 11.7. The van der Waals surface area contributed by atoms with Crippen LogP contribution in [0.5, 0.6) is 5.75 Å². The van der Waals surface area contributed by atoms with Gasteiger partial charge in [0.05, 0.1) is 5.56 Å². The second kappa shape index (κ2) is 8.51. The summed E-state index contributed by atoms with van der Waals surface area (Å²) in [7, 11) is 3.53. The van der Waals surface area contributed by atoms with Gasteiger partial charge in [-0.25, -0.2) is 4.79 Å². The summed E-state index contributed by atoms with van der Waals surface area (Å²) in [6.45, 7) is 12.1. The van der Waals surface area contributed by atoms with E-state index in [9.17, 15) is 15.0 Å². The van der Waals surface area contributed by atoms with E-state index in [0.29, 0.717) is 24.2 Å². The topological polar surface area (TPSA) is 76.0 Å². The lowest BCUT2D eigenvalue weighted by Gasteiger charge is -2.65. The van der Waals surface area contributed by atoms with Crippen molar-refractivity contribution >= 4 is 5.97 Å². The molecule has 190 valence electrons. The minimum atomic E-state index is -0.947. The van der Waals surface area contributed by atoms with Crippen LogP contribution in [-0.2, 0) is 15.9 Å². The minimum Gasteiger partial charge on any atom is -0.508 e. The maximum Gasteiger partial charge on any atom is 0.335 e. The van der Waals surface area contributed by atoms with Crippen molar-refractivity contribution in [1.29, 1.82) is 0 Å². The molecular weight excluding hydrogens is 428 g/mol. The molecular formula is C29H44O5. The molecule has 0 unspecified atom stereocenters. The second-order valence-corrected chi connectivity index (χ2v) is 12.6. The number of carbonyl (C=O) groups is 1. The lowest BCUT2D eigenvalue weighted by atomic mass is 9.39. The Hall–Kier alpha value is -1.59. The molecule has 0 radical (unpaired) electrons. The Morgan fingerprint density at radius 3 is 2.29 bits per heavy atom. The fourth-order valence-electron chi connectivity index (χ4n) is 9.18. The zero-order chi connectivity index (χ0) is 25.1. The number of phenolic OH excluding ortho intramolecular Hbond substituents is 1. The van der Waals surface area contributed by atoms with Gasteiger partial charge in [-0.3, -0.25) is 0 Å². The van der Waals surface area contributed by atoms with E-state index < -0.39 is 5.97 Å². The van der Waals surface area contributed by atoms with Gasteiger partial charge in [0, 0.05) is 19.6 Å². The van der Waals surface area contributed by atoms with Crippen LogP contribution in [0.1, 0.15) is 89.1 Å². The Bertz CT molecular complexity index is 940. The largest absolute Gasteiger partial charge is 0.508 e. The number of fused-ring (bicyclic) bond motifs is 3. The number of carboxylic acids is 1. The van der Waals surface area contributed by atoms with E-state index in [1.807, 2.05) is 0 Å². The summed E-state index contributed by atoms with van der Waals surface area (Å²) in [6.07, 6.45) is 7.46. The molecule has 1 aromatic rings. The molecule has 3 saturated carbocycles. The Labute approximate surface area is 205 Å². The van der Waals surface area contributed by atoms with Gasteiger partial charge in [-0.2, -0.15) is 0 Å². The highest BCUT2D eigenvalue weighted by atomic mass is 16.7. The van der Waals surface area contributed by atoms with E-state index in [2.05, 4.69) is 34.6 Å². The molecule has 0 aliphatic heterocycles. The summed E-state index contributed by atoms with van der Waals surface area (Å²) in [5.74, 6) is 0.865. The maximum atomic E-state index is 11.6. The predicted molar refractivity (Wildman–Crippen MR) is 133 cm³/mol. The Kier molecular flexibility index (Phi) is 6.39. The van der Waals surface area contributed by atoms with Crippen LogP contribution in [0.25, 0.3) is 0 Å². The highest BCUT2D eigenvalue weighted by Crippen LogP contribution is 2.74. The van der Waals surface area contributed by atoms with Crippen LogP contribution in [0, 0.1) is 39.4 Å². The fraction of sp³-hybridized carbons (Fsp3) is 0.759. The van der Waals surface area contributed by atoms with E-state index in [4.69, 9.17) is 9.47 Å². The van der Waals surface area contributed by atoms with Crippen LogP contribution in [0.4, 0.5) is 0 Å². The minimum absolute atomic E-state index is 0.0101. The molecule has 2 N–H and O–H groups in total. The van der Waals surface area contributed by atoms with E-state index in [1.165, 1.54) is 18.9 Å². The SMILES string of the molecule is COC(OC)[C@@]1(C)CC[C@@H]2[C@]3(C)CC[C@H](C)[C@](C)(Cc4cc(C(=O)O)ccc4O)[C@@H]3CC[C@@]21C. The lowest BCUT2D eigenvalue weighted by molar-refractivity contribution is -0.233. The van der Waals surface area contributed by atoms with Crippen molar-refractivity contribution < 1.29 is 24.5 Å². The Balaban J connectivity index is 1.72. The summed E-state index contributed by atoms with van der Waals surface area (Å²) in [6, 6.07) is 4.72. The molecule has 0 saturated heterocycles. The number of hydrogen-bond acceptors (Lipinski definition) is 4. The van der Waals surface area contributed by atoms with Gasteiger partial charge in [-0.1, -0.05) is 34.6 Å². The number of methoxy groups -OCH3 is 2. The van der Waals surface area contributed by atoms with Gasteiger partial charge in [-0.05, 0) is 103 Å². The zero-order valence-corrected chi connectivity index (χ0v) is 22.1. The predicted octanol–water partition coefficient (Wildman–Crippen LogP) is 6.53. The Morgan fingerprint density at radius 2 is 1.68 bits per heavy atom. The average molecular weight is 473 g/mol. The van der Waals surface area contributed by atoms with Crippen LogP contribution >= 0.6 is 0 Å². The zero-order valence-electron chi connectivity index (χ0n) is 22.1. The average Bonchev–Trinajstić information content (AvgIpc) is 3.06. The van der Waals surface area contributed by atoms with Crippen molar-refractivity contribution in [3.63, 3.8) is 0 Å². The van der Waals surface area contributed by atoms with E-state index in [-0.39, 0.29) is 39.3 Å². The molecule has 1 aromatic carbocycles. The lowest BCUT2D eigenvalue weighted by Crippen LogP contribution is -2.60. The van der Waals surface area contributed by atoms with E-state index >= 15 is 0 Å². The second-order valence-electron chi connectivity index (χ2n) is 12.6. The summed E-state index contributed by atoms with van der Waals surface area (Å²) in [5, 5.41) is 20.2. The van der Waals surface area contributed by atoms with Gasteiger partial charge in [0.25, 0.3) is 0 Å². The van der Waals surface area contributed by atoms with Crippen LogP contribution in [0.15, 0.2) is 18.2 Å². The van der Waals surface area contributed by atoms with Gasteiger partial charge in [-0.15, -0.1) is 0 Å². The highest BCUT2D eigenvalue weighted by molar-refractivity contribution is 5.88. The fourth-order valence-corrected chi connectivity index (χ4v) is 9.18. The third-order valence-electron chi connectivity index (χ3n) is 11.5. The van der Waals surface area contributed by atoms with Gasteiger partial charge in [0.2, 0.25) is 0 Å². The standard InChI is InChI=1S/C29H44O5/c1-18-10-13-26(2)22(27(18,3)17-20-16-19(24(31)32)8-9-21(20)30)11-14-28(4)23(26)12-15-29(28,5)25(33-6)34-7/h8-9,16,18,22-23,25,30H,10-15,17H2,1-7H3,(H,31,32)/t18-,22+,23+,26+,27-,28-,29+/m0/s1. The number of benzene rings is 1. The molecule has 7 atom stereocenters. The van der Waals surface area contributed by atoms with Crippen molar-refractivity contribution in [2.24, 2.45) is 39.4 Å². The number of hydrogen-bond donors (Lipinski definition) is 2. The van der Waals surface area contributed by atoms with Crippen molar-refractivity contribution in [3.8, 4) is 5.75 Å². The van der Waals surface area contributed by atoms with Gasteiger partial charge in [0.15, 0.2) is 6.29 Å². The number of phenols is 1. The third kappa shape index (κ3) is 3.44. The van der Waals surface area contributed by atoms with E-state index in [1.54, 1.807) is 26.4 Å². The van der Waals surface area contributed by atoms with E-state index in [0.717, 1.165) is 31.2 Å². The molecule has 0 heterocycles. The summed E-state index contributed by atoms with van der Waals surface area (Å²) >= 11 is 0. The quantitative estimate of drug-likeness (QED) is 0.461. The number of rotatable bonds is 6. The first kappa shape index (κ1) is 25.5. The Morgan fingerprint density at radius 1 is 1.03 bits per heavy atom. The van der Waals surface area contributed by atoms with Crippen LogP contribution < -0.4 is 0 Å². The highest BCUT2D eigenvalue weighted by Gasteiger charge is 2.68. The van der Waals surface area contributed by atoms with Crippen LogP contribution in [0.3, 0.4) is 0 Å². The van der Waals surface area contributed by atoms with Crippen molar-refractivity contribution in [1.82, 2.24) is 0 Å². The summed E-state index contributed by atoms with van der Waals surface area (Å²) in [4.78, 5) is 11.6. The molecule has 0 aromatic heterocycles. The first-order chi connectivity index (χ1) is 15.9. The van der Waals surface area contributed by atoms with Gasteiger partial charge < -0.3 is 19.7 Å². The molecule has 3 aliphatic rings. The first-order valence-electron chi connectivity index (χ1n) is 13.0. The molecule has 0 spiro atoms. The molecule has 3 fully saturated rings. The molecule has 0 amide bonds. The monoisotopic (exact) mass is 472 g/mol. The molecule has 5 nitrogen and oxygen atoms in total. The van der Waals surface area contributed by atoms with Crippen LogP contribution in [-0.4, -0.2) is 36.7 Å². The van der Waals surface area contributed by atoms with Gasteiger partial charge in [0.1, 0.15) is 5.75 Å². The normalized spacial score (nSPS) is 41.8. The molecule has 4 rings (SSSR count). The molecule has 5 heteroatoms. The summed E-state index contributed by atoms with van der Waals surface area (Å²) in [5.41, 5.74) is 1.31. The first-order valence-corrected chi connectivity index (χ1v) is 13.0. The number of ether oxygens (including phenoxy) is 2. The molecule has 0 bridgehead atoms. The number of aromatic hydroxyl groups is 1. The third-order valence-corrected chi connectivity index (χ3v) is 11.5. The van der Waals surface area contributed by atoms with Crippen molar-refractivity contribution in [2.45, 2.75) is 85.9 Å². The maximum absolute atomic E-state index is 11.6. The smallest absolute Gasteiger partial charge is 0.335 e.